The molecule has 2 heterocycles. The number of hydrogen-bond acceptors (Lipinski definition) is 4. The molecule has 0 bridgehead atoms. The summed E-state index contributed by atoms with van der Waals surface area (Å²) in [5, 5.41) is 5.70. The van der Waals surface area contributed by atoms with Crippen LogP contribution >= 0.6 is 11.3 Å². The molecule has 20 heavy (non-hydrogen) atoms. The number of piperidine rings is 1. The van der Waals surface area contributed by atoms with E-state index in [1.807, 2.05) is 13.8 Å². The molecule has 112 valence electrons. The Labute approximate surface area is 125 Å². The maximum absolute atomic E-state index is 11.8. The second kappa shape index (κ2) is 7.18. The molecule has 4 nitrogen and oxygen atoms in total. The van der Waals surface area contributed by atoms with Crippen LogP contribution in [0.3, 0.4) is 0 Å². The normalized spacial score (nSPS) is 21.6. The number of likely N-dealkylation sites (tertiary alicyclic amines) is 1. The molecular formula is C15H25N3OS. The van der Waals surface area contributed by atoms with Gasteiger partial charge in [0.1, 0.15) is 0 Å². The van der Waals surface area contributed by atoms with Crippen molar-refractivity contribution >= 4 is 22.4 Å². The minimum Gasteiger partial charge on any atom is -0.302 e. The highest BCUT2D eigenvalue weighted by molar-refractivity contribution is 7.13. The van der Waals surface area contributed by atoms with Crippen LogP contribution in [0.15, 0.2) is 5.38 Å². The fraction of sp³-hybridized carbons (Fsp3) is 0.733. The number of nitrogens with zero attached hydrogens (tertiary/aromatic N) is 2. The van der Waals surface area contributed by atoms with E-state index in [4.69, 9.17) is 0 Å². The average Bonchev–Trinajstić information content (AvgIpc) is 2.85. The van der Waals surface area contributed by atoms with E-state index in [1.165, 1.54) is 24.2 Å². The van der Waals surface area contributed by atoms with Crippen molar-refractivity contribution in [3.8, 4) is 0 Å². The molecule has 2 atom stereocenters. The van der Waals surface area contributed by atoms with Crippen LogP contribution in [-0.2, 0) is 11.3 Å². The topological polar surface area (TPSA) is 45.2 Å². The lowest BCUT2D eigenvalue weighted by atomic mass is 10.0. The van der Waals surface area contributed by atoms with Crippen molar-refractivity contribution in [1.29, 1.82) is 0 Å². The van der Waals surface area contributed by atoms with Crippen molar-refractivity contribution in [2.75, 3.05) is 18.4 Å². The second-order valence-electron chi connectivity index (χ2n) is 5.93. The highest BCUT2D eigenvalue weighted by atomic mass is 32.1. The Morgan fingerprint density at radius 1 is 1.65 bits per heavy atom. The van der Waals surface area contributed by atoms with Gasteiger partial charge in [-0.05, 0) is 31.7 Å². The van der Waals surface area contributed by atoms with E-state index in [-0.39, 0.29) is 11.8 Å². The molecule has 1 aromatic heterocycles. The molecule has 2 unspecified atom stereocenters. The number of hydrogen-bond donors (Lipinski definition) is 1. The van der Waals surface area contributed by atoms with Crippen molar-refractivity contribution in [1.82, 2.24) is 9.88 Å². The lowest BCUT2D eigenvalue weighted by molar-refractivity contribution is -0.119. The van der Waals surface area contributed by atoms with Gasteiger partial charge < -0.3 is 5.32 Å². The molecule has 0 aliphatic carbocycles. The highest BCUT2D eigenvalue weighted by Gasteiger charge is 2.18. The fourth-order valence-electron chi connectivity index (χ4n) is 2.51. The van der Waals surface area contributed by atoms with E-state index in [9.17, 15) is 4.79 Å². The smallest absolute Gasteiger partial charge is 0.228 e. The van der Waals surface area contributed by atoms with Crippen molar-refractivity contribution in [3.63, 3.8) is 0 Å². The molecule has 1 fully saturated rings. The van der Waals surface area contributed by atoms with Gasteiger partial charge in [0.15, 0.2) is 5.13 Å². The third-order valence-electron chi connectivity index (χ3n) is 3.97. The summed E-state index contributed by atoms with van der Waals surface area (Å²) in [6, 6.07) is 0. The summed E-state index contributed by atoms with van der Waals surface area (Å²) in [7, 11) is 0. The molecule has 5 heteroatoms. The summed E-state index contributed by atoms with van der Waals surface area (Å²) in [5.74, 6) is 0.900. The molecule has 1 amide bonds. The predicted octanol–water partition coefficient (Wildman–Crippen LogP) is 3.36. The summed E-state index contributed by atoms with van der Waals surface area (Å²) >= 11 is 1.53. The molecule has 1 aliphatic heterocycles. The summed E-state index contributed by atoms with van der Waals surface area (Å²) < 4.78 is 0. The van der Waals surface area contributed by atoms with Crippen molar-refractivity contribution in [2.45, 2.75) is 46.6 Å². The molecule has 1 aromatic rings. The zero-order chi connectivity index (χ0) is 14.5. The number of rotatable bonds is 5. The van der Waals surface area contributed by atoms with Gasteiger partial charge in [-0.25, -0.2) is 4.98 Å². The molecule has 2 rings (SSSR count). The van der Waals surface area contributed by atoms with Gasteiger partial charge in [0.25, 0.3) is 0 Å². The largest absolute Gasteiger partial charge is 0.302 e. The van der Waals surface area contributed by atoms with Gasteiger partial charge in [-0.15, -0.1) is 11.3 Å². The van der Waals surface area contributed by atoms with Crippen molar-refractivity contribution in [2.24, 2.45) is 11.8 Å². The molecule has 0 aromatic carbocycles. The Kier molecular flexibility index (Phi) is 5.54. The first kappa shape index (κ1) is 15.4. The number of aromatic nitrogens is 1. The molecule has 0 saturated carbocycles. The zero-order valence-corrected chi connectivity index (χ0v) is 13.5. The summed E-state index contributed by atoms with van der Waals surface area (Å²) in [6.07, 6.45) is 3.47. The first-order chi connectivity index (χ1) is 9.58. The van der Waals surface area contributed by atoms with Gasteiger partial charge >= 0.3 is 0 Å². The van der Waals surface area contributed by atoms with Crippen molar-refractivity contribution < 1.29 is 4.79 Å². The van der Waals surface area contributed by atoms with Gasteiger partial charge in [0, 0.05) is 24.4 Å². The Hall–Kier alpha value is -0.940. The van der Waals surface area contributed by atoms with Gasteiger partial charge in [0.05, 0.1) is 5.69 Å². The van der Waals surface area contributed by atoms with Crippen molar-refractivity contribution in [3.05, 3.63) is 11.1 Å². The van der Waals surface area contributed by atoms with E-state index in [0.29, 0.717) is 0 Å². The Morgan fingerprint density at radius 3 is 3.15 bits per heavy atom. The van der Waals surface area contributed by atoms with E-state index in [0.717, 1.165) is 42.8 Å². The Bertz CT molecular complexity index is 446. The first-order valence-corrected chi connectivity index (χ1v) is 8.44. The SMILES string of the molecule is CCC(C)C(=O)Nc1nc(CN2CCCC(C)C2)cs1. The van der Waals surface area contributed by atoms with Gasteiger partial charge in [-0.2, -0.15) is 0 Å². The minimum absolute atomic E-state index is 0.0466. The van der Waals surface area contributed by atoms with Gasteiger partial charge in [-0.1, -0.05) is 20.8 Å². The second-order valence-corrected chi connectivity index (χ2v) is 6.78. The quantitative estimate of drug-likeness (QED) is 0.906. The zero-order valence-electron chi connectivity index (χ0n) is 12.7. The van der Waals surface area contributed by atoms with Crippen LogP contribution in [0, 0.1) is 11.8 Å². The molecule has 1 N–H and O–H groups in total. The van der Waals surface area contributed by atoms with Crippen LogP contribution in [0.1, 0.15) is 45.7 Å². The molecule has 0 spiro atoms. The number of carbonyl (C=O) groups excluding carboxylic acids is 1. The Balaban J connectivity index is 1.87. The third kappa shape index (κ3) is 4.28. The van der Waals surface area contributed by atoms with Crippen LogP contribution in [0.4, 0.5) is 5.13 Å². The first-order valence-electron chi connectivity index (χ1n) is 7.56. The monoisotopic (exact) mass is 295 g/mol. The van der Waals surface area contributed by atoms with E-state index >= 15 is 0 Å². The number of thiazole rings is 1. The minimum atomic E-state index is 0.0466. The maximum Gasteiger partial charge on any atom is 0.228 e. The summed E-state index contributed by atoms with van der Waals surface area (Å²) in [4.78, 5) is 18.8. The van der Waals surface area contributed by atoms with Gasteiger partial charge in [-0.3, -0.25) is 9.69 Å². The molecule has 1 saturated heterocycles. The number of amides is 1. The molecule has 0 radical (unpaired) electrons. The van der Waals surface area contributed by atoms with Crippen LogP contribution in [0.25, 0.3) is 0 Å². The highest BCUT2D eigenvalue weighted by Crippen LogP contribution is 2.21. The van der Waals surface area contributed by atoms with Crippen LogP contribution in [0.5, 0.6) is 0 Å². The summed E-state index contributed by atoms with van der Waals surface area (Å²) in [5.41, 5.74) is 1.07. The molecular weight excluding hydrogens is 270 g/mol. The number of carbonyl (C=O) groups is 1. The van der Waals surface area contributed by atoms with E-state index in [2.05, 4.69) is 27.5 Å². The lowest BCUT2D eigenvalue weighted by Crippen LogP contribution is -2.33. The lowest BCUT2D eigenvalue weighted by Gasteiger charge is -2.30. The fourth-order valence-corrected chi connectivity index (χ4v) is 3.21. The van der Waals surface area contributed by atoms with Gasteiger partial charge in [0.2, 0.25) is 5.91 Å². The standard InChI is InChI=1S/C15H25N3OS/c1-4-12(3)14(19)17-15-16-13(10-20-15)9-18-7-5-6-11(2)8-18/h10-12H,4-9H2,1-3H3,(H,16,17,19). The van der Waals surface area contributed by atoms with Crippen LogP contribution in [0.2, 0.25) is 0 Å². The molecule has 1 aliphatic rings. The number of nitrogens with one attached hydrogen (secondary N) is 1. The Morgan fingerprint density at radius 2 is 2.45 bits per heavy atom. The predicted molar refractivity (Wildman–Crippen MR) is 83.9 cm³/mol. The number of anilines is 1. The third-order valence-corrected chi connectivity index (χ3v) is 4.78. The summed E-state index contributed by atoms with van der Waals surface area (Å²) in [6.45, 7) is 9.50. The van der Waals surface area contributed by atoms with E-state index in [1.54, 1.807) is 0 Å². The van der Waals surface area contributed by atoms with E-state index < -0.39 is 0 Å². The average molecular weight is 295 g/mol. The maximum atomic E-state index is 11.8. The van der Waals surface area contributed by atoms with Crippen LogP contribution in [-0.4, -0.2) is 28.9 Å². The van der Waals surface area contributed by atoms with Crippen LogP contribution < -0.4 is 5.32 Å².